The highest BCUT2D eigenvalue weighted by molar-refractivity contribution is 5.94. The van der Waals surface area contributed by atoms with Gasteiger partial charge in [-0.3, -0.25) is 14.9 Å². The number of ether oxygens (including phenoxy) is 1. The van der Waals surface area contributed by atoms with Crippen molar-refractivity contribution in [3.8, 4) is 5.75 Å². The van der Waals surface area contributed by atoms with E-state index in [1.54, 1.807) is 42.5 Å². The van der Waals surface area contributed by atoms with Crippen molar-refractivity contribution in [2.75, 3.05) is 17.2 Å². The zero-order valence-corrected chi connectivity index (χ0v) is 16.4. The molecule has 0 spiro atoms. The van der Waals surface area contributed by atoms with Gasteiger partial charge in [0.1, 0.15) is 23.7 Å². The number of anilines is 2. The number of hydrogen-bond donors (Lipinski definition) is 2. The molecule has 0 bridgehead atoms. The van der Waals surface area contributed by atoms with Crippen LogP contribution >= 0.6 is 0 Å². The lowest BCUT2D eigenvalue weighted by Crippen LogP contribution is -2.22. The van der Waals surface area contributed by atoms with E-state index in [4.69, 9.17) is 4.74 Å². The predicted octanol–water partition coefficient (Wildman–Crippen LogP) is 3.87. The topological polar surface area (TPSA) is 111 Å². The molecular weight excluding hydrogens is 398 g/mol. The lowest BCUT2D eigenvalue weighted by atomic mass is 10.2. The molecule has 1 amide bonds. The largest absolute Gasteiger partial charge is 0.487 e. The summed E-state index contributed by atoms with van der Waals surface area (Å²) >= 11 is 0. The van der Waals surface area contributed by atoms with Crippen molar-refractivity contribution in [1.82, 2.24) is 9.38 Å². The highest BCUT2D eigenvalue weighted by atomic mass is 16.6. The Balaban J connectivity index is 1.33. The molecule has 31 heavy (non-hydrogen) atoms. The number of carbonyl (C=O) groups excluding carboxylic acids is 1. The zero-order valence-electron chi connectivity index (χ0n) is 16.4. The molecule has 0 saturated carbocycles. The minimum Gasteiger partial charge on any atom is -0.487 e. The number of nitro benzene ring substituents is 1. The predicted molar refractivity (Wildman–Crippen MR) is 116 cm³/mol. The van der Waals surface area contributed by atoms with Gasteiger partial charge in [0.2, 0.25) is 5.91 Å². The molecule has 0 aliphatic rings. The number of aromatic nitrogens is 2. The minimum atomic E-state index is -0.496. The van der Waals surface area contributed by atoms with Gasteiger partial charge in [-0.15, -0.1) is 0 Å². The summed E-state index contributed by atoms with van der Waals surface area (Å²) in [5.41, 5.74) is 2.38. The summed E-state index contributed by atoms with van der Waals surface area (Å²) in [6.45, 7) is 0.176. The van der Waals surface area contributed by atoms with Crippen LogP contribution in [0, 0.1) is 10.1 Å². The summed E-state index contributed by atoms with van der Waals surface area (Å²) in [4.78, 5) is 27.3. The summed E-state index contributed by atoms with van der Waals surface area (Å²) in [6, 6.07) is 18.9. The molecule has 0 aliphatic heterocycles. The average Bonchev–Trinajstić information content (AvgIpc) is 3.20. The van der Waals surface area contributed by atoms with Gasteiger partial charge in [-0.2, -0.15) is 0 Å². The van der Waals surface area contributed by atoms with Gasteiger partial charge in [-0.05, 0) is 30.3 Å². The van der Waals surface area contributed by atoms with E-state index in [9.17, 15) is 14.9 Å². The fourth-order valence-corrected chi connectivity index (χ4v) is 3.04. The monoisotopic (exact) mass is 417 g/mol. The Morgan fingerprint density at radius 1 is 1.10 bits per heavy atom. The maximum Gasteiger partial charge on any atom is 0.292 e. The van der Waals surface area contributed by atoms with Gasteiger partial charge >= 0.3 is 0 Å². The first-order valence-electron chi connectivity index (χ1n) is 9.51. The summed E-state index contributed by atoms with van der Waals surface area (Å²) in [5.74, 6) is 0.247. The minimum absolute atomic E-state index is 0.0855. The molecule has 0 radical (unpaired) electrons. The normalized spacial score (nSPS) is 10.6. The molecule has 156 valence electrons. The molecule has 0 aliphatic carbocycles. The van der Waals surface area contributed by atoms with Crippen molar-refractivity contribution in [2.24, 2.45) is 0 Å². The van der Waals surface area contributed by atoms with Gasteiger partial charge in [0.05, 0.1) is 17.2 Å². The van der Waals surface area contributed by atoms with Crippen molar-refractivity contribution in [2.45, 2.75) is 6.61 Å². The number of hydrogen-bond acceptors (Lipinski definition) is 6. The van der Waals surface area contributed by atoms with E-state index in [1.165, 1.54) is 6.07 Å². The van der Waals surface area contributed by atoms with Crippen LogP contribution in [0.4, 0.5) is 17.1 Å². The van der Waals surface area contributed by atoms with Crippen molar-refractivity contribution >= 4 is 28.6 Å². The Bertz CT molecular complexity index is 1200. The zero-order chi connectivity index (χ0) is 21.6. The quantitative estimate of drug-likeness (QED) is 0.333. The molecule has 4 rings (SSSR count). The van der Waals surface area contributed by atoms with Gasteiger partial charge in [-0.25, -0.2) is 4.98 Å². The molecule has 2 aromatic heterocycles. The molecule has 0 fully saturated rings. The molecule has 9 nitrogen and oxygen atoms in total. The molecule has 2 heterocycles. The summed E-state index contributed by atoms with van der Waals surface area (Å²) in [7, 11) is 0. The smallest absolute Gasteiger partial charge is 0.292 e. The van der Waals surface area contributed by atoms with Crippen molar-refractivity contribution in [1.29, 1.82) is 0 Å². The molecule has 2 N–H and O–H groups in total. The number of nitro groups is 1. The number of fused-ring (bicyclic) bond motifs is 1. The van der Waals surface area contributed by atoms with E-state index in [2.05, 4.69) is 15.6 Å². The third kappa shape index (κ3) is 4.96. The summed E-state index contributed by atoms with van der Waals surface area (Å²) in [6.07, 6.45) is 3.81. The second-order valence-electron chi connectivity index (χ2n) is 6.69. The number of pyridine rings is 1. The molecule has 9 heteroatoms. The number of rotatable bonds is 8. The maximum absolute atomic E-state index is 12.3. The standard InChI is InChI=1S/C22H19N5O4/c28-22(13-23-19-8-1-2-9-20(19)27(29)30)25-16-6-5-7-18(12-16)31-15-17-14-26-11-4-3-10-21(26)24-17/h1-12,14,23H,13,15H2,(H,25,28). The highest BCUT2D eigenvalue weighted by Crippen LogP contribution is 2.23. The van der Waals surface area contributed by atoms with Gasteiger partial charge < -0.3 is 19.8 Å². The van der Waals surface area contributed by atoms with Crippen LogP contribution in [0.15, 0.2) is 79.1 Å². The third-order valence-electron chi connectivity index (χ3n) is 4.46. The molecular formula is C22H19N5O4. The Morgan fingerprint density at radius 2 is 1.94 bits per heavy atom. The Hall–Kier alpha value is -4.40. The second-order valence-corrected chi connectivity index (χ2v) is 6.69. The van der Waals surface area contributed by atoms with Crippen molar-refractivity contribution in [3.05, 3.63) is 94.9 Å². The third-order valence-corrected chi connectivity index (χ3v) is 4.46. The van der Waals surface area contributed by atoms with Crippen LogP contribution in [-0.4, -0.2) is 26.8 Å². The summed E-state index contributed by atoms with van der Waals surface area (Å²) in [5, 5.41) is 16.6. The van der Waals surface area contributed by atoms with E-state index >= 15 is 0 Å². The Kier molecular flexibility index (Phi) is 5.75. The van der Waals surface area contributed by atoms with Crippen molar-refractivity contribution in [3.63, 3.8) is 0 Å². The number of nitrogens with zero attached hydrogens (tertiary/aromatic N) is 3. The fourth-order valence-electron chi connectivity index (χ4n) is 3.04. The van der Waals surface area contributed by atoms with Gasteiger partial charge in [0.15, 0.2) is 0 Å². The van der Waals surface area contributed by atoms with Crippen LogP contribution in [0.3, 0.4) is 0 Å². The van der Waals surface area contributed by atoms with Crippen LogP contribution in [0.2, 0.25) is 0 Å². The SMILES string of the molecule is O=C(CNc1ccccc1[N+](=O)[O-])Nc1cccc(OCc2cn3ccccc3n2)c1. The molecule has 4 aromatic rings. The van der Waals surface area contributed by atoms with Gasteiger partial charge in [0, 0.05) is 30.2 Å². The van der Waals surface area contributed by atoms with E-state index in [1.807, 2.05) is 35.0 Å². The lowest BCUT2D eigenvalue weighted by molar-refractivity contribution is -0.383. The highest BCUT2D eigenvalue weighted by Gasteiger charge is 2.13. The van der Waals surface area contributed by atoms with E-state index < -0.39 is 4.92 Å². The Morgan fingerprint density at radius 3 is 2.77 bits per heavy atom. The van der Waals surface area contributed by atoms with Crippen molar-refractivity contribution < 1.29 is 14.5 Å². The van der Waals surface area contributed by atoms with Gasteiger partial charge in [0.25, 0.3) is 5.69 Å². The second kappa shape index (κ2) is 8.95. The fraction of sp³-hybridized carbons (Fsp3) is 0.0909. The van der Waals surface area contributed by atoms with Crippen LogP contribution < -0.4 is 15.4 Å². The van der Waals surface area contributed by atoms with E-state index in [0.29, 0.717) is 11.4 Å². The number of imidazole rings is 1. The number of nitrogens with one attached hydrogen (secondary N) is 2. The lowest BCUT2D eigenvalue weighted by Gasteiger charge is -2.10. The Labute approximate surface area is 177 Å². The summed E-state index contributed by atoms with van der Waals surface area (Å²) < 4.78 is 7.71. The number of amides is 1. The average molecular weight is 417 g/mol. The molecule has 0 saturated heterocycles. The first-order valence-corrected chi connectivity index (χ1v) is 9.51. The maximum atomic E-state index is 12.3. The molecule has 0 unspecified atom stereocenters. The van der Waals surface area contributed by atoms with E-state index in [0.717, 1.165) is 11.3 Å². The van der Waals surface area contributed by atoms with Crippen LogP contribution in [0.1, 0.15) is 5.69 Å². The first-order chi connectivity index (χ1) is 15.1. The number of para-hydroxylation sites is 2. The number of carbonyl (C=O) groups is 1. The van der Waals surface area contributed by atoms with Crippen LogP contribution in [0.25, 0.3) is 5.65 Å². The first kappa shape index (κ1) is 19.9. The van der Waals surface area contributed by atoms with Gasteiger partial charge in [-0.1, -0.05) is 24.3 Å². The van der Waals surface area contributed by atoms with Crippen LogP contribution in [0.5, 0.6) is 5.75 Å². The molecule has 0 atom stereocenters. The van der Waals surface area contributed by atoms with Crippen LogP contribution in [-0.2, 0) is 11.4 Å². The van der Waals surface area contributed by atoms with E-state index in [-0.39, 0.29) is 30.4 Å². The molecule has 2 aromatic carbocycles. The number of benzene rings is 2.